The summed E-state index contributed by atoms with van der Waals surface area (Å²) in [7, 11) is 1.44. The molecule has 4 heteroatoms. The van der Waals surface area contributed by atoms with Crippen molar-refractivity contribution in [3.8, 4) is 0 Å². The molecule has 0 saturated carbocycles. The van der Waals surface area contributed by atoms with Crippen molar-refractivity contribution in [3.05, 3.63) is 72.9 Å². The van der Waals surface area contributed by atoms with Crippen LogP contribution in [0.2, 0.25) is 0 Å². The van der Waals surface area contributed by atoms with Crippen LogP contribution in [-0.2, 0) is 4.79 Å². The lowest BCUT2D eigenvalue weighted by Gasteiger charge is -2.01. The molecule has 0 rings (SSSR count). The Bertz CT molecular complexity index is 531. The minimum atomic E-state index is 0.113. The molecule has 0 saturated heterocycles. The highest BCUT2D eigenvalue weighted by Crippen LogP contribution is 2.02. The predicted molar refractivity (Wildman–Crippen MR) is 132 cm³/mol. The summed E-state index contributed by atoms with van der Waals surface area (Å²) in [6.07, 6.45) is 33.6. The highest BCUT2D eigenvalue weighted by atomic mass is 33.1. The first-order chi connectivity index (χ1) is 13.8. The van der Waals surface area contributed by atoms with Crippen LogP contribution in [-0.4, -0.2) is 18.2 Å². The van der Waals surface area contributed by atoms with E-state index in [1.54, 1.807) is 0 Å². The van der Waals surface area contributed by atoms with Crippen LogP contribution < -0.4 is 5.32 Å². The maximum absolute atomic E-state index is 11.5. The van der Waals surface area contributed by atoms with Crippen molar-refractivity contribution in [3.63, 3.8) is 0 Å². The molecule has 0 aromatic rings. The van der Waals surface area contributed by atoms with E-state index in [0.29, 0.717) is 13.0 Å². The van der Waals surface area contributed by atoms with Crippen molar-refractivity contribution >= 4 is 28.4 Å². The van der Waals surface area contributed by atoms with Gasteiger partial charge in [-0.2, -0.15) is 0 Å². The molecule has 0 bridgehead atoms. The Morgan fingerprint density at radius 1 is 0.750 bits per heavy atom. The van der Waals surface area contributed by atoms with Gasteiger partial charge in [-0.15, -0.1) is 11.7 Å². The zero-order chi connectivity index (χ0) is 20.5. The molecule has 0 radical (unpaired) electrons. The Balaban J connectivity index is 3.54. The van der Waals surface area contributed by atoms with Gasteiger partial charge in [0, 0.05) is 18.7 Å². The van der Waals surface area contributed by atoms with E-state index < -0.39 is 0 Å². The number of amides is 1. The van der Waals surface area contributed by atoms with Crippen LogP contribution in [0.5, 0.6) is 0 Å². The van der Waals surface area contributed by atoms with Crippen molar-refractivity contribution in [2.45, 2.75) is 58.3 Å². The minimum absolute atomic E-state index is 0.113. The Hall–Kier alpha value is -1.39. The first kappa shape index (κ1) is 26.6. The fraction of sp³-hybridized carbons (Fsp3) is 0.458. The summed E-state index contributed by atoms with van der Waals surface area (Å²) in [6, 6.07) is 0. The second-order valence-electron chi connectivity index (χ2n) is 6.14. The molecule has 0 aliphatic heterocycles. The van der Waals surface area contributed by atoms with E-state index in [1.807, 2.05) is 0 Å². The zero-order valence-corrected chi connectivity index (χ0v) is 19.0. The van der Waals surface area contributed by atoms with E-state index in [4.69, 9.17) is 0 Å². The van der Waals surface area contributed by atoms with Gasteiger partial charge in [-0.05, 0) is 44.9 Å². The molecule has 0 atom stereocenters. The van der Waals surface area contributed by atoms with E-state index in [1.165, 1.54) is 10.8 Å². The number of hydrogen-bond donors (Lipinski definition) is 2. The number of thiol groups is 1. The van der Waals surface area contributed by atoms with E-state index in [2.05, 4.69) is 96.8 Å². The van der Waals surface area contributed by atoms with Crippen LogP contribution in [0, 0.1) is 0 Å². The number of carbonyl (C=O) groups is 1. The summed E-state index contributed by atoms with van der Waals surface area (Å²) in [5, 5.41) is 2.87. The first-order valence-electron chi connectivity index (χ1n) is 10.2. The molecule has 0 fully saturated rings. The van der Waals surface area contributed by atoms with Crippen molar-refractivity contribution < 1.29 is 4.79 Å². The Morgan fingerprint density at radius 2 is 1.18 bits per heavy atom. The molecular weight excluding hydrogens is 382 g/mol. The van der Waals surface area contributed by atoms with Gasteiger partial charge in [-0.1, -0.05) is 90.6 Å². The second-order valence-corrected chi connectivity index (χ2v) is 7.58. The molecule has 0 unspecified atom stereocenters. The van der Waals surface area contributed by atoms with E-state index in [9.17, 15) is 4.79 Å². The normalized spacial score (nSPS) is 12.8. The molecule has 0 aromatic heterocycles. The van der Waals surface area contributed by atoms with Crippen LogP contribution >= 0.6 is 22.5 Å². The first-order valence-corrected chi connectivity index (χ1v) is 12.3. The quantitative estimate of drug-likeness (QED) is 0.113. The lowest BCUT2D eigenvalue weighted by molar-refractivity contribution is -0.120. The highest BCUT2D eigenvalue weighted by Gasteiger charge is 1.97. The number of nitrogens with one attached hydrogen (secondary N) is 1. The van der Waals surface area contributed by atoms with E-state index >= 15 is 0 Å². The zero-order valence-electron chi connectivity index (χ0n) is 17.3. The number of carbonyl (C=O) groups excluding carboxylic acids is 1. The van der Waals surface area contributed by atoms with Gasteiger partial charge in [0.1, 0.15) is 0 Å². The van der Waals surface area contributed by atoms with Gasteiger partial charge in [0.25, 0.3) is 0 Å². The molecular formula is C24H37NOS2. The van der Waals surface area contributed by atoms with Gasteiger partial charge in [-0.3, -0.25) is 4.79 Å². The molecule has 2 nitrogen and oxygen atoms in total. The fourth-order valence-electron chi connectivity index (χ4n) is 2.18. The van der Waals surface area contributed by atoms with Crippen LogP contribution in [0.4, 0.5) is 0 Å². The number of allylic oxidation sites excluding steroid dienone is 12. The monoisotopic (exact) mass is 419 g/mol. The summed E-state index contributed by atoms with van der Waals surface area (Å²) < 4.78 is 0. The van der Waals surface area contributed by atoms with Gasteiger partial charge >= 0.3 is 0 Å². The summed E-state index contributed by atoms with van der Waals surface area (Å²) in [5.41, 5.74) is 0. The lowest BCUT2D eigenvalue weighted by atomic mass is 10.2. The molecule has 0 spiro atoms. The Labute approximate surface area is 181 Å². The van der Waals surface area contributed by atoms with Crippen LogP contribution in [0.1, 0.15) is 58.3 Å². The lowest BCUT2D eigenvalue weighted by Crippen LogP contribution is -2.24. The summed E-state index contributed by atoms with van der Waals surface area (Å²) in [6.45, 7) is 2.85. The molecule has 0 heterocycles. The molecule has 1 N–H and O–H groups in total. The van der Waals surface area contributed by atoms with Crippen molar-refractivity contribution in [1.29, 1.82) is 0 Å². The predicted octanol–water partition coefficient (Wildman–Crippen LogP) is 7.16. The molecule has 0 aliphatic rings. The Kier molecular flexibility index (Phi) is 22.5. The van der Waals surface area contributed by atoms with Crippen molar-refractivity contribution in [2.24, 2.45) is 0 Å². The van der Waals surface area contributed by atoms with Gasteiger partial charge < -0.3 is 5.32 Å². The second kappa shape index (κ2) is 23.6. The number of hydrogen-bond acceptors (Lipinski definition) is 3. The van der Waals surface area contributed by atoms with E-state index in [0.717, 1.165) is 50.7 Å². The largest absolute Gasteiger partial charge is 0.355 e. The molecule has 0 aromatic carbocycles. The minimum Gasteiger partial charge on any atom is -0.355 e. The maximum Gasteiger partial charge on any atom is 0.220 e. The smallest absolute Gasteiger partial charge is 0.220 e. The summed E-state index contributed by atoms with van der Waals surface area (Å²) in [5.74, 6) is 0.955. The van der Waals surface area contributed by atoms with Gasteiger partial charge in [-0.25, -0.2) is 0 Å². The Morgan fingerprint density at radius 3 is 1.61 bits per heavy atom. The molecule has 156 valence electrons. The third-order valence-electron chi connectivity index (χ3n) is 3.65. The number of rotatable bonds is 17. The summed E-state index contributed by atoms with van der Waals surface area (Å²) in [4.78, 5) is 11.5. The van der Waals surface area contributed by atoms with Crippen LogP contribution in [0.25, 0.3) is 0 Å². The van der Waals surface area contributed by atoms with Gasteiger partial charge in [0.15, 0.2) is 0 Å². The van der Waals surface area contributed by atoms with E-state index in [-0.39, 0.29) is 5.91 Å². The molecule has 0 aliphatic carbocycles. The summed E-state index contributed by atoms with van der Waals surface area (Å²) >= 11 is 4.04. The van der Waals surface area contributed by atoms with Gasteiger partial charge in [0.05, 0.1) is 0 Å². The van der Waals surface area contributed by atoms with Crippen molar-refractivity contribution in [2.75, 3.05) is 12.3 Å². The molecule has 28 heavy (non-hydrogen) atoms. The average molecular weight is 420 g/mol. The standard InChI is InChI=1S/C24H37NOS2/c1-2-3-4-5-6-7-8-9-10-11-12-13-14-15-16-17-18-19-20-21-24(26)25-22-23-28-27/h3-4,6-7,9-10,12-13,15-16,18-19,27H,2,5,8,11,14,17,20-23H2,1H3,(H,25,26)/b4-3-,7-6-,10-9-,13-12-,16-15-,19-18-. The van der Waals surface area contributed by atoms with Gasteiger partial charge in [0.2, 0.25) is 5.91 Å². The third-order valence-corrected chi connectivity index (χ3v) is 4.58. The van der Waals surface area contributed by atoms with Crippen LogP contribution in [0.3, 0.4) is 0 Å². The fourth-order valence-corrected chi connectivity index (χ4v) is 2.65. The topological polar surface area (TPSA) is 29.1 Å². The average Bonchev–Trinajstić information content (AvgIpc) is 2.70. The molecule has 1 amide bonds. The van der Waals surface area contributed by atoms with Crippen molar-refractivity contribution in [1.82, 2.24) is 5.32 Å². The maximum atomic E-state index is 11.5. The highest BCUT2D eigenvalue weighted by molar-refractivity contribution is 8.68. The third kappa shape index (κ3) is 22.7. The SMILES string of the molecule is CC/C=C\C/C=C\C/C=C\C/C=C\C/C=C\C/C=C\CCC(=O)NCCSS. The van der Waals surface area contributed by atoms with Crippen LogP contribution in [0.15, 0.2) is 72.9 Å².